The fourth-order valence-corrected chi connectivity index (χ4v) is 3.65. The zero-order valence-corrected chi connectivity index (χ0v) is 14.9. The topological polar surface area (TPSA) is 49.9 Å². The Balaban J connectivity index is 1.85. The molecule has 0 N–H and O–H groups in total. The first-order valence-corrected chi connectivity index (χ1v) is 8.78. The van der Waals surface area contributed by atoms with Gasteiger partial charge in [-0.05, 0) is 36.6 Å². The molecule has 5 nitrogen and oxygen atoms in total. The molecule has 1 fully saturated rings. The molecular weight excluding hydrogens is 348 g/mol. The molecular formula is C17H17ClN2O3S. The first kappa shape index (κ1) is 16.8. The van der Waals surface area contributed by atoms with E-state index in [-0.39, 0.29) is 11.8 Å². The van der Waals surface area contributed by atoms with Gasteiger partial charge in [0.05, 0.1) is 17.7 Å². The maximum Gasteiger partial charge on any atom is 0.264 e. The normalized spacial score (nSPS) is 18.0. The summed E-state index contributed by atoms with van der Waals surface area (Å²) in [5.74, 6) is 0.327. The predicted octanol–water partition coefficient (Wildman–Crippen LogP) is 3.29. The molecule has 0 aliphatic carbocycles. The van der Waals surface area contributed by atoms with Crippen molar-refractivity contribution >= 4 is 40.4 Å². The van der Waals surface area contributed by atoms with Gasteiger partial charge in [-0.25, -0.2) is 0 Å². The third-order valence-electron chi connectivity index (χ3n) is 4.08. The number of halogens is 1. The van der Waals surface area contributed by atoms with Crippen molar-refractivity contribution in [3.05, 3.63) is 45.6 Å². The lowest BCUT2D eigenvalue weighted by atomic mass is 10.1. The van der Waals surface area contributed by atoms with Crippen LogP contribution < -0.4 is 9.64 Å². The number of amides is 2. The van der Waals surface area contributed by atoms with Gasteiger partial charge < -0.3 is 14.5 Å². The molecule has 0 saturated carbocycles. The van der Waals surface area contributed by atoms with Crippen LogP contribution in [0.4, 0.5) is 5.69 Å². The molecule has 3 rings (SSSR count). The van der Waals surface area contributed by atoms with Gasteiger partial charge in [0.15, 0.2) is 0 Å². The first-order chi connectivity index (χ1) is 11.5. The summed E-state index contributed by atoms with van der Waals surface area (Å²) in [7, 11) is 1.55. The SMILES string of the molecule is COc1ccc(Cl)cc1N1CCN(C(=O)c2cccs2)[C@@H](C)C1=O. The van der Waals surface area contributed by atoms with Crippen molar-refractivity contribution in [3.63, 3.8) is 0 Å². The molecule has 1 aliphatic rings. The number of thiophene rings is 1. The molecule has 1 aromatic heterocycles. The van der Waals surface area contributed by atoms with Crippen molar-refractivity contribution in [2.75, 3.05) is 25.1 Å². The highest BCUT2D eigenvalue weighted by Crippen LogP contribution is 2.33. The van der Waals surface area contributed by atoms with E-state index in [1.54, 1.807) is 48.1 Å². The molecule has 2 amide bonds. The van der Waals surface area contributed by atoms with E-state index in [0.29, 0.717) is 34.4 Å². The number of rotatable bonds is 3. The molecule has 2 aromatic rings. The summed E-state index contributed by atoms with van der Waals surface area (Å²) >= 11 is 7.45. The largest absolute Gasteiger partial charge is 0.495 e. The molecule has 1 atom stereocenters. The van der Waals surface area contributed by atoms with E-state index in [0.717, 1.165) is 0 Å². The summed E-state index contributed by atoms with van der Waals surface area (Å²) in [6, 6.07) is 8.22. The van der Waals surface area contributed by atoms with Crippen LogP contribution in [-0.4, -0.2) is 43.0 Å². The Morgan fingerprint density at radius 1 is 1.33 bits per heavy atom. The number of hydrogen-bond acceptors (Lipinski definition) is 4. The second kappa shape index (κ2) is 6.83. The highest BCUT2D eigenvalue weighted by molar-refractivity contribution is 7.12. The van der Waals surface area contributed by atoms with Gasteiger partial charge >= 0.3 is 0 Å². The number of nitrogens with zero attached hydrogens (tertiary/aromatic N) is 2. The van der Waals surface area contributed by atoms with Gasteiger partial charge in [0, 0.05) is 18.1 Å². The third-order valence-corrected chi connectivity index (χ3v) is 5.17. The smallest absolute Gasteiger partial charge is 0.264 e. The summed E-state index contributed by atoms with van der Waals surface area (Å²) in [5.41, 5.74) is 0.630. The van der Waals surface area contributed by atoms with E-state index >= 15 is 0 Å². The quantitative estimate of drug-likeness (QED) is 0.839. The lowest BCUT2D eigenvalue weighted by molar-refractivity contribution is -0.124. The predicted molar refractivity (Wildman–Crippen MR) is 95.2 cm³/mol. The monoisotopic (exact) mass is 364 g/mol. The Kier molecular flexibility index (Phi) is 4.78. The van der Waals surface area contributed by atoms with Crippen LogP contribution in [0.25, 0.3) is 0 Å². The lowest BCUT2D eigenvalue weighted by Crippen LogP contribution is -2.57. The number of ether oxygens (including phenoxy) is 1. The molecule has 1 aromatic carbocycles. The van der Waals surface area contributed by atoms with E-state index in [9.17, 15) is 9.59 Å². The van der Waals surface area contributed by atoms with Crippen molar-refractivity contribution < 1.29 is 14.3 Å². The average Bonchev–Trinajstić information content (AvgIpc) is 3.11. The number of piperazine rings is 1. The first-order valence-electron chi connectivity index (χ1n) is 7.52. The average molecular weight is 365 g/mol. The molecule has 0 bridgehead atoms. The van der Waals surface area contributed by atoms with Crippen LogP contribution in [0.5, 0.6) is 5.75 Å². The standard InChI is InChI=1S/C17H17ClN2O3S/c1-11-16(21)20(13-10-12(18)5-6-14(13)23-2)8-7-19(11)17(22)15-4-3-9-24-15/h3-6,9-11H,7-8H2,1-2H3/t11-/m0/s1. The zero-order chi connectivity index (χ0) is 17.3. The van der Waals surface area contributed by atoms with Crippen LogP contribution in [-0.2, 0) is 4.79 Å². The highest BCUT2D eigenvalue weighted by atomic mass is 35.5. The highest BCUT2D eigenvalue weighted by Gasteiger charge is 2.36. The van der Waals surface area contributed by atoms with Gasteiger partial charge in [-0.2, -0.15) is 0 Å². The van der Waals surface area contributed by atoms with Crippen molar-refractivity contribution in [2.24, 2.45) is 0 Å². The molecule has 7 heteroatoms. The van der Waals surface area contributed by atoms with E-state index < -0.39 is 6.04 Å². The summed E-state index contributed by atoms with van der Waals surface area (Å²) in [4.78, 5) is 29.3. The van der Waals surface area contributed by atoms with Crippen LogP contribution in [0.2, 0.25) is 5.02 Å². The van der Waals surface area contributed by atoms with Crippen LogP contribution in [0.1, 0.15) is 16.6 Å². The molecule has 24 heavy (non-hydrogen) atoms. The fraction of sp³-hybridized carbons (Fsp3) is 0.294. The molecule has 1 aliphatic heterocycles. The number of carbonyl (C=O) groups is 2. The minimum atomic E-state index is -0.544. The Morgan fingerprint density at radius 2 is 2.12 bits per heavy atom. The third kappa shape index (κ3) is 2.99. The van der Waals surface area contributed by atoms with Crippen molar-refractivity contribution in [1.29, 1.82) is 0 Å². The number of hydrogen-bond donors (Lipinski definition) is 0. The van der Waals surface area contributed by atoms with E-state index in [2.05, 4.69) is 0 Å². The molecule has 0 unspecified atom stereocenters. The molecule has 1 saturated heterocycles. The maximum absolute atomic E-state index is 12.8. The van der Waals surface area contributed by atoms with Gasteiger partial charge in [0.1, 0.15) is 11.8 Å². The second-order valence-electron chi connectivity index (χ2n) is 5.46. The van der Waals surface area contributed by atoms with Gasteiger partial charge in [0.2, 0.25) is 5.91 Å². The van der Waals surface area contributed by atoms with Gasteiger partial charge in [-0.1, -0.05) is 17.7 Å². The van der Waals surface area contributed by atoms with Gasteiger partial charge in [0.25, 0.3) is 5.91 Å². The van der Waals surface area contributed by atoms with Crippen LogP contribution in [0.15, 0.2) is 35.7 Å². The number of carbonyl (C=O) groups excluding carboxylic acids is 2. The number of anilines is 1. The number of benzene rings is 1. The van der Waals surface area contributed by atoms with Gasteiger partial charge in [-0.15, -0.1) is 11.3 Å². The van der Waals surface area contributed by atoms with Crippen molar-refractivity contribution in [2.45, 2.75) is 13.0 Å². The Morgan fingerprint density at radius 3 is 2.79 bits per heavy atom. The van der Waals surface area contributed by atoms with Crippen molar-refractivity contribution in [3.8, 4) is 5.75 Å². The maximum atomic E-state index is 12.8. The van der Waals surface area contributed by atoms with Gasteiger partial charge in [-0.3, -0.25) is 9.59 Å². The van der Waals surface area contributed by atoms with Crippen LogP contribution in [0.3, 0.4) is 0 Å². The Hall–Kier alpha value is -2.05. The molecule has 2 heterocycles. The van der Waals surface area contributed by atoms with E-state index in [1.165, 1.54) is 11.3 Å². The molecule has 126 valence electrons. The minimum Gasteiger partial charge on any atom is -0.495 e. The Labute approximate surface area is 149 Å². The summed E-state index contributed by atoms with van der Waals surface area (Å²) < 4.78 is 5.34. The minimum absolute atomic E-state index is 0.108. The zero-order valence-electron chi connectivity index (χ0n) is 13.4. The fourth-order valence-electron chi connectivity index (χ4n) is 2.80. The Bertz CT molecular complexity index is 763. The number of methoxy groups -OCH3 is 1. The van der Waals surface area contributed by atoms with E-state index in [1.807, 2.05) is 11.4 Å². The van der Waals surface area contributed by atoms with Crippen LogP contribution >= 0.6 is 22.9 Å². The molecule has 0 radical (unpaired) electrons. The van der Waals surface area contributed by atoms with Crippen molar-refractivity contribution in [1.82, 2.24) is 4.90 Å². The summed E-state index contributed by atoms with van der Waals surface area (Å²) in [6.07, 6.45) is 0. The van der Waals surface area contributed by atoms with E-state index in [4.69, 9.17) is 16.3 Å². The molecule has 0 spiro atoms. The summed E-state index contributed by atoms with van der Waals surface area (Å²) in [5, 5.41) is 2.38. The second-order valence-corrected chi connectivity index (χ2v) is 6.84. The lowest BCUT2D eigenvalue weighted by Gasteiger charge is -2.39. The van der Waals surface area contributed by atoms with Crippen LogP contribution in [0, 0.1) is 0 Å². The summed E-state index contributed by atoms with van der Waals surface area (Å²) in [6.45, 7) is 2.60.